The quantitative estimate of drug-likeness (QED) is 0.556. The molecule has 2 rings (SSSR count). The first-order chi connectivity index (χ1) is 9.70. The van der Waals surface area contributed by atoms with Crippen LogP contribution in [0.4, 0.5) is 0 Å². The number of benzene rings is 1. The molecule has 1 aromatic carbocycles. The Hall–Kier alpha value is -2.27. The van der Waals surface area contributed by atoms with Crippen molar-refractivity contribution in [2.75, 3.05) is 0 Å². The number of rotatable bonds is 6. The van der Waals surface area contributed by atoms with Crippen molar-refractivity contribution in [3.63, 3.8) is 0 Å². The predicted octanol–water partition coefficient (Wildman–Crippen LogP) is 1.87. The summed E-state index contributed by atoms with van der Waals surface area (Å²) in [6.45, 7) is 0.683. The number of hydrogen-bond acceptors (Lipinski definition) is 3. The largest absolute Gasteiger partial charge is 0.494 e. The van der Waals surface area contributed by atoms with Gasteiger partial charge in [0, 0.05) is 24.7 Å². The van der Waals surface area contributed by atoms with Gasteiger partial charge in [-0.1, -0.05) is 30.3 Å². The first-order valence-electron chi connectivity index (χ1n) is 6.54. The molecule has 5 nitrogen and oxygen atoms in total. The van der Waals surface area contributed by atoms with Gasteiger partial charge in [0.25, 0.3) is 0 Å². The van der Waals surface area contributed by atoms with Gasteiger partial charge in [0.05, 0.1) is 0 Å². The Morgan fingerprint density at radius 2 is 1.90 bits per heavy atom. The summed E-state index contributed by atoms with van der Waals surface area (Å²) in [6.07, 6.45) is 3.19. The maximum atomic E-state index is 11.0. The molecule has 0 bridgehead atoms. The van der Waals surface area contributed by atoms with Crippen molar-refractivity contribution >= 4 is 5.91 Å². The summed E-state index contributed by atoms with van der Waals surface area (Å²) in [5.74, 6) is -0.270. The number of aromatic hydroxyl groups is 1. The van der Waals surface area contributed by atoms with Crippen LogP contribution in [0.3, 0.4) is 0 Å². The predicted molar refractivity (Wildman–Crippen MR) is 74.5 cm³/mol. The summed E-state index contributed by atoms with van der Waals surface area (Å²) < 4.78 is 1.76. The summed E-state index contributed by atoms with van der Waals surface area (Å²) in [6, 6.07) is 11.8. The second kappa shape index (κ2) is 6.77. The van der Waals surface area contributed by atoms with Crippen molar-refractivity contribution in [3.8, 4) is 5.88 Å². The lowest BCUT2D eigenvalue weighted by atomic mass is 10.1. The number of carbonyl (C=O) groups excluding carboxylic acids is 1. The molecular weight excluding hydrogens is 256 g/mol. The van der Waals surface area contributed by atoms with Crippen LogP contribution in [0.1, 0.15) is 17.5 Å². The minimum Gasteiger partial charge on any atom is -0.494 e. The molecule has 0 saturated carbocycles. The third-order valence-electron chi connectivity index (χ3n) is 3.25. The van der Waals surface area contributed by atoms with E-state index in [4.69, 9.17) is 5.21 Å². The third-order valence-corrected chi connectivity index (χ3v) is 3.25. The molecule has 2 aromatic rings. The van der Waals surface area contributed by atoms with E-state index < -0.39 is 5.91 Å². The second-order valence-electron chi connectivity index (χ2n) is 4.63. The monoisotopic (exact) mass is 274 g/mol. The van der Waals surface area contributed by atoms with E-state index in [0.717, 1.165) is 6.42 Å². The number of carbonyl (C=O) groups is 1. The van der Waals surface area contributed by atoms with Crippen molar-refractivity contribution in [3.05, 3.63) is 53.7 Å². The fourth-order valence-corrected chi connectivity index (χ4v) is 2.08. The van der Waals surface area contributed by atoms with Crippen molar-refractivity contribution in [2.45, 2.75) is 25.8 Å². The van der Waals surface area contributed by atoms with Crippen LogP contribution in [-0.4, -0.2) is 20.8 Å². The molecular formula is C15H18N2O3. The molecule has 106 valence electrons. The van der Waals surface area contributed by atoms with Gasteiger partial charge >= 0.3 is 0 Å². The maximum Gasteiger partial charge on any atom is 0.243 e. The number of hydroxylamine groups is 1. The summed E-state index contributed by atoms with van der Waals surface area (Å²) in [5, 5.41) is 18.5. The molecule has 3 N–H and O–H groups in total. The maximum absolute atomic E-state index is 11.0. The van der Waals surface area contributed by atoms with Gasteiger partial charge in [-0.2, -0.15) is 0 Å². The molecule has 0 radical (unpaired) electrons. The molecule has 1 aromatic heterocycles. The third kappa shape index (κ3) is 3.61. The Bertz CT molecular complexity index is 564. The smallest absolute Gasteiger partial charge is 0.243 e. The molecule has 0 aliphatic carbocycles. The van der Waals surface area contributed by atoms with Crippen LogP contribution in [0, 0.1) is 0 Å². The van der Waals surface area contributed by atoms with Gasteiger partial charge in [-0.3, -0.25) is 10.0 Å². The highest BCUT2D eigenvalue weighted by Crippen LogP contribution is 2.20. The Morgan fingerprint density at radius 3 is 2.60 bits per heavy atom. The highest BCUT2D eigenvalue weighted by atomic mass is 16.5. The van der Waals surface area contributed by atoms with E-state index in [2.05, 4.69) is 0 Å². The first-order valence-corrected chi connectivity index (χ1v) is 6.54. The minimum absolute atomic E-state index is 0.146. The highest BCUT2D eigenvalue weighted by Gasteiger charge is 2.09. The van der Waals surface area contributed by atoms with E-state index in [-0.39, 0.29) is 12.3 Å². The van der Waals surface area contributed by atoms with Crippen LogP contribution < -0.4 is 5.48 Å². The Morgan fingerprint density at radius 1 is 1.15 bits per heavy atom. The van der Waals surface area contributed by atoms with Gasteiger partial charge < -0.3 is 9.67 Å². The minimum atomic E-state index is -0.457. The Kier molecular flexibility index (Phi) is 4.79. The molecule has 0 aliphatic heterocycles. The van der Waals surface area contributed by atoms with Crippen molar-refractivity contribution in [2.24, 2.45) is 0 Å². The molecule has 0 atom stereocenters. The topological polar surface area (TPSA) is 74.5 Å². The molecule has 0 aliphatic rings. The van der Waals surface area contributed by atoms with E-state index in [1.807, 2.05) is 36.5 Å². The van der Waals surface area contributed by atoms with Crippen molar-refractivity contribution < 1.29 is 15.1 Å². The summed E-state index contributed by atoms with van der Waals surface area (Å²) in [7, 11) is 0. The van der Waals surface area contributed by atoms with Gasteiger partial charge in [0.2, 0.25) is 5.91 Å². The fourth-order valence-electron chi connectivity index (χ4n) is 2.08. The molecule has 0 fully saturated rings. The Labute approximate surface area is 117 Å². The molecule has 20 heavy (non-hydrogen) atoms. The van der Waals surface area contributed by atoms with E-state index >= 15 is 0 Å². The lowest BCUT2D eigenvalue weighted by Gasteiger charge is -2.06. The highest BCUT2D eigenvalue weighted by molar-refractivity contribution is 5.74. The van der Waals surface area contributed by atoms with Crippen LogP contribution in [0.5, 0.6) is 5.88 Å². The molecule has 1 amide bonds. The number of amides is 1. The number of aryl methyl sites for hydroxylation is 3. The zero-order chi connectivity index (χ0) is 14.4. The van der Waals surface area contributed by atoms with Crippen LogP contribution in [0.15, 0.2) is 42.6 Å². The van der Waals surface area contributed by atoms with Crippen molar-refractivity contribution in [1.29, 1.82) is 0 Å². The lowest BCUT2D eigenvalue weighted by Crippen LogP contribution is -2.18. The average molecular weight is 274 g/mol. The molecule has 1 heterocycles. The lowest BCUT2D eigenvalue weighted by molar-refractivity contribution is -0.129. The summed E-state index contributed by atoms with van der Waals surface area (Å²) in [5.41, 5.74) is 3.50. The van der Waals surface area contributed by atoms with E-state index in [1.165, 1.54) is 5.56 Å². The first kappa shape index (κ1) is 14.1. The second-order valence-corrected chi connectivity index (χ2v) is 4.63. The van der Waals surface area contributed by atoms with Gasteiger partial charge in [0.1, 0.15) is 0 Å². The molecule has 0 saturated heterocycles. The molecule has 0 unspecified atom stereocenters. The zero-order valence-electron chi connectivity index (χ0n) is 11.1. The van der Waals surface area contributed by atoms with E-state index in [1.54, 1.807) is 16.1 Å². The standard InChI is InChI=1S/C15H18N2O3/c18-14(16-20)7-6-13-9-11-17(15(13)19)10-8-12-4-2-1-3-5-12/h1-5,9,11,19-20H,6-8,10H2,(H,16,18). The van der Waals surface area contributed by atoms with Crippen LogP contribution in [-0.2, 0) is 24.2 Å². The number of nitrogens with one attached hydrogen (secondary N) is 1. The van der Waals surface area contributed by atoms with Gasteiger partial charge in [-0.05, 0) is 24.5 Å². The molecule has 5 heteroatoms. The van der Waals surface area contributed by atoms with E-state index in [9.17, 15) is 9.90 Å². The van der Waals surface area contributed by atoms with Gasteiger partial charge in [-0.25, -0.2) is 5.48 Å². The summed E-state index contributed by atoms with van der Waals surface area (Å²) >= 11 is 0. The number of nitrogens with zero attached hydrogens (tertiary/aromatic N) is 1. The molecule has 0 spiro atoms. The van der Waals surface area contributed by atoms with Crippen LogP contribution in [0.25, 0.3) is 0 Å². The fraction of sp³-hybridized carbons (Fsp3) is 0.267. The Balaban J connectivity index is 1.93. The average Bonchev–Trinajstić information content (AvgIpc) is 2.84. The van der Waals surface area contributed by atoms with Crippen LogP contribution >= 0.6 is 0 Å². The number of aromatic nitrogens is 1. The van der Waals surface area contributed by atoms with E-state index in [0.29, 0.717) is 18.5 Å². The normalized spacial score (nSPS) is 10.4. The van der Waals surface area contributed by atoms with Gasteiger partial charge in [0.15, 0.2) is 5.88 Å². The van der Waals surface area contributed by atoms with Crippen molar-refractivity contribution in [1.82, 2.24) is 10.0 Å². The van der Waals surface area contributed by atoms with Crippen LogP contribution in [0.2, 0.25) is 0 Å². The summed E-state index contributed by atoms with van der Waals surface area (Å²) in [4.78, 5) is 11.0. The zero-order valence-corrected chi connectivity index (χ0v) is 11.1. The number of hydrogen-bond donors (Lipinski definition) is 3. The SMILES string of the molecule is O=C(CCc1ccn(CCc2ccccc2)c1O)NO. The van der Waals surface area contributed by atoms with Gasteiger partial charge in [-0.15, -0.1) is 0 Å².